The molecular formula is C13H19N. The average Bonchev–Trinajstić information content (AvgIpc) is 2.66. The van der Waals surface area contributed by atoms with Crippen LogP contribution in [-0.4, -0.2) is 6.54 Å². The molecule has 1 aromatic carbocycles. The van der Waals surface area contributed by atoms with E-state index in [2.05, 4.69) is 37.4 Å². The number of rotatable bonds is 3. The molecule has 0 spiro atoms. The van der Waals surface area contributed by atoms with Crippen molar-refractivity contribution in [1.29, 1.82) is 0 Å². The summed E-state index contributed by atoms with van der Waals surface area (Å²) in [5, 5.41) is 3.40. The van der Waals surface area contributed by atoms with Crippen LogP contribution >= 0.6 is 0 Å². The van der Waals surface area contributed by atoms with Crippen molar-refractivity contribution >= 4 is 5.69 Å². The zero-order valence-electron chi connectivity index (χ0n) is 9.14. The van der Waals surface area contributed by atoms with Gasteiger partial charge in [0, 0.05) is 12.2 Å². The maximum absolute atomic E-state index is 3.40. The molecule has 0 aliphatic carbocycles. The summed E-state index contributed by atoms with van der Waals surface area (Å²) in [7, 11) is 0. The third-order valence-electron chi connectivity index (χ3n) is 3.30. The van der Waals surface area contributed by atoms with Gasteiger partial charge in [-0.05, 0) is 42.4 Å². The van der Waals surface area contributed by atoms with E-state index in [1.807, 2.05) is 0 Å². The minimum absolute atomic E-state index is 0.751. The summed E-state index contributed by atoms with van der Waals surface area (Å²) in [6.45, 7) is 5.67. The topological polar surface area (TPSA) is 12.0 Å². The first-order valence-corrected chi connectivity index (χ1v) is 5.71. The molecule has 0 saturated heterocycles. The van der Waals surface area contributed by atoms with E-state index in [1.165, 1.54) is 36.1 Å². The average molecular weight is 189 g/mol. The van der Waals surface area contributed by atoms with E-state index < -0.39 is 0 Å². The van der Waals surface area contributed by atoms with Crippen LogP contribution in [0.4, 0.5) is 5.69 Å². The summed E-state index contributed by atoms with van der Waals surface area (Å²) in [6.07, 6.45) is 3.70. The van der Waals surface area contributed by atoms with Crippen LogP contribution in [0.25, 0.3) is 0 Å². The third-order valence-corrected chi connectivity index (χ3v) is 3.30. The lowest BCUT2D eigenvalue weighted by atomic mass is 9.92. The van der Waals surface area contributed by atoms with E-state index in [-0.39, 0.29) is 0 Å². The zero-order chi connectivity index (χ0) is 9.97. The van der Waals surface area contributed by atoms with Gasteiger partial charge in [-0.1, -0.05) is 26.0 Å². The minimum Gasteiger partial charge on any atom is -0.384 e. The van der Waals surface area contributed by atoms with Crippen LogP contribution < -0.4 is 5.32 Å². The van der Waals surface area contributed by atoms with Crippen molar-refractivity contribution in [3.8, 4) is 0 Å². The molecule has 76 valence electrons. The first-order chi connectivity index (χ1) is 6.85. The molecule has 1 heterocycles. The van der Waals surface area contributed by atoms with Crippen molar-refractivity contribution in [1.82, 2.24) is 0 Å². The van der Waals surface area contributed by atoms with Crippen molar-refractivity contribution in [2.24, 2.45) is 0 Å². The predicted molar refractivity (Wildman–Crippen MR) is 62.0 cm³/mol. The molecule has 1 aromatic rings. The van der Waals surface area contributed by atoms with Crippen molar-refractivity contribution in [2.75, 3.05) is 11.9 Å². The Balaban J connectivity index is 2.27. The second-order valence-electron chi connectivity index (χ2n) is 4.11. The van der Waals surface area contributed by atoms with Crippen molar-refractivity contribution in [3.05, 3.63) is 29.3 Å². The van der Waals surface area contributed by atoms with Crippen LogP contribution in [0.2, 0.25) is 0 Å². The minimum atomic E-state index is 0.751. The molecule has 0 unspecified atom stereocenters. The second-order valence-corrected chi connectivity index (χ2v) is 4.11. The number of fused-ring (bicyclic) bond motifs is 1. The van der Waals surface area contributed by atoms with Crippen molar-refractivity contribution in [2.45, 2.75) is 39.0 Å². The molecule has 0 saturated carbocycles. The molecule has 0 radical (unpaired) electrons. The van der Waals surface area contributed by atoms with Crippen LogP contribution in [0.3, 0.4) is 0 Å². The molecule has 0 atom stereocenters. The fraction of sp³-hybridized carbons (Fsp3) is 0.538. The molecular weight excluding hydrogens is 170 g/mol. The molecule has 1 nitrogen and oxygen atoms in total. The van der Waals surface area contributed by atoms with Crippen LogP contribution in [0, 0.1) is 0 Å². The van der Waals surface area contributed by atoms with Gasteiger partial charge in [0.25, 0.3) is 0 Å². The second kappa shape index (κ2) is 4.04. The fourth-order valence-electron chi connectivity index (χ4n) is 2.34. The Morgan fingerprint density at radius 2 is 2.07 bits per heavy atom. The molecule has 0 bridgehead atoms. The zero-order valence-corrected chi connectivity index (χ0v) is 9.14. The normalized spacial score (nSPS) is 14.2. The molecule has 1 aliphatic heterocycles. The summed E-state index contributed by atoms with van der Waals surface area (Å²) in [4.78, 5) is 0. The van der Waals surface area contributed by atoms with E-state index >= 15 is 0 Å². The lowest BCUT2D eigenvalue weighted by Crippen LogP contribution is -1.96. The molecule has 0 amide bonds. The smallest absolute Gasteiger partial charge is 0.0373 e. The summed E-state index contributed by atoms with van der Waals surface area (Å²) < 4.78 is 0. The fourth-order valence-corrected chi connectivity index (χ4v) is 2.34. The Hall–Kier alpha value is -0.980. The monoisotopic (exact) mass is 189 g/mol. The number of nitrogens with one attached hydrogen (secondary N) is 1. The summed E-state index contributed by atoms with van der Waals surface area (Å²) >= 11 is 0. The van der Waals surface area contributed by atoms with Gasteiger partial charge in [0.2, 0.25) is 0 Å². The van der Waals surface area contributed by atoms with Gasteiger partial charge in [-0.15, -0.1) is 0 Å². The van der Waals surface area contributed by atoms with Gasteiger partial charge in [0.05, 0.1) is 0 Å². The SMILES string of the molecule is CCC(CC)c1ccc2c(c1)CCN2. The Labute approximate surface area is 86.5 Å². The highest BCUT2D eigenvalue weighted by Gasteiger charge is 2.13. The van der Waals surface area contributed by atoms with Crippen LogP contribution in [0.5, 0.6) is 0 Å². The van der Waals surface area contributed by atoms with Crippen molar-refractivity contribution in [3.63, 3.8) is 0 Å². The molecule has 2 rings (SSSR count). The number of anilines is 1. The van der Waals surface area contributed by atoms with Gasteiger partial charge in [0.1, 0.15) is 0 Å². The number of benzene rings is 1. The molecule has 0 aromatic heterocycles. The Morgan fingerprint density at radius 1 is 1.29 bits per heavy atom. The summed E-state index contributed by atoms with van der Waals surface area (Å²) in [5.41, 5.74) is 4.38. The van der Waals surface area contributed by atoms with Gasteiger partial charge in [0.15, 0.2) is 0 Å². The lowest BCUT2D eigenvalue weighted by molar-refractivity contribution is 0.641. The summed E-state index contributed by atoms with van der Waals surface area (Å²) in [5.74, 6) is 0.751. The quantitative estimate of drug-likeness (QED) is 0.766. The van der Waals surface area contributed by atoms with E-state index in [0.717, 1.165) is 12.5 Å². The maximum atomic E-state index is 3.40. The van der Waals surface area contributed by atoms with Crippen LogP contribution in [0.1, 0.15) is 43.7 Å². The van der Waals surface area contributed by atoms with Crippen LogP contribution in [-0.2, 0) is 6.42 Å². The molecule has 1 heteroatoms. The predicted octanol–water partition coefficient (Wildman–Crippen LogP) is 3.56. The number of hydrogen-bond donors (Lipinski definition) is 1. The van der Waals surface area contributed by atoms with Gasteiger partial charge >= 0.3 is 0 Å². The first-order valence-electron chi connectivity index (χ1n) is 5.71. The molecule has 0 fully saturated rings. The Bertz CT molecular complexity index is 313. The highest BCUT2D eigenvalue weighted by molar-refractivity contribution is 5.56. The molecule has 1 N–H and O–H groups in total. The van der Waals surface area contributed by atoms with E-state index in [1.54, 1.807) is 0 Å². The van der Waals surface area contributed by atoms with Gasteiger partial charge in [-0.2, -0.15) is 0 Å². The van der Waals surface area contributed by atoms with Crippen LogP contribution in [0.15, 0.2) is 18.2 Å². The highest BCUT2D eigenvalue weighted by Crippen LogP contribution is 2.29. The van der Waals surface area contributed by atoms with Crippen molar-refractivity contribution < 1.29 is 0 Å². The first kappa shape index (κ1) is 9.57. The van der Waals surface area contributed by atoms with Gasteiger partial charge in [-0.25, -0.2) is 0 Å². The highest BCUT2D eigenvalue weighted by atomic mass is 14.9. The summed E-state index contributed by atoms with van der Waals surface area (Å²) in [6, 6.07) is 6.93. The molecule has 14 heavy (non-hydrogen) atoms. The number of hydrogen-bond acceptors (Lipinski definition) is 1. The van der Waals surface area contributed by atoms with Gasteiger partial charge in [-0.3, -0.25) is 0 Å². The van der Waals surface area contributed by atoms with Gasteiger partial charge < -0.3 is 5.32 Å². The lowest BCUT2D eigenvalue weighted by Gasteiger charge is -2.13. The largest absolute Gasteiger partial charge is 0.384 e. The van der Waals surface area contributed by atoms with E-state index in [9.17, 15) is 0 Å². The molecule has 1 aliphatic rings. The Morgan fingerprint density at radius 3 is 2.79 bits per heavy atom. The standard InChI is InChI=1S/C13H19N/c1-3-10(4-2)11-5-6-13-12(9-11)7-8-14-13/h5-6,9-10,14H,3-4,7-8H2,1-2H3. The van der Waals surface area contributed by atoms with E-state index in [0.29, 0.717) is 0 Å². The third kappa shape index (κ3) is 1.63. The van der Waals surface area contributed by atoms with E-state index in [4.69, 9.17) is 0 Å². The maximum Gasteiger partial charge on any atom is 0.0373 e. The Kier molecular flexibility index (Phi) is 2.76.